The molecule has 3 heteroatoms. The predicted molar refractivity (Wildman–Crippen MR) is 125 cm³/mol. The van der Waals surface area contributed by atoms with Crippen molar-refractivity contribution in [1.29, 1.82) is 0 Å². The van der Waals surface area contributed by atoms with Gasteiger partial charge in [-0.1, -0.05) is 129 Å². The summed E-state index contributed by atoms with van der Waals surface area (Å²) >= 11 is 0. The van der Waals surface area contributed by atoms with Gasteiger partial charge in [0, 0.05) is 13.1 Å². The smallest absolute Gasteiger partial charge is 0.314 e. The van der Waals surface area contributed by atoms with Gasteiger partial charge in [-0.2, -0.15) is 0 Å². The van der Waals surface area contributed by atoms with E-state index >= 15 is 0 Å². The maximum absolute atomic E-state index is 11.7. The second-order valence-corrected chi connectivity index (χ2v) is 8.55. The fraction of sp³-hybridized carbons (Fsp3) is 0.960. The lowest BCUT2D eigenvalue weighted by molar-refractivity contribution is 0.240. The Morgan fingerprint density at radius 3 is 0.964 bits per heavy atom. The fourth-order valence-corrected chi connectivity index (χ4v) is 3.69. The Balaban J connectivity index is 3.13. The van der Waals surface area contributed by atoms with E-state index in [1.165, 1.54) is 116 Å². The molecule has 0 atom stereocenters. The molecule has 0 radical (unpaired) electrons. The lowest BCUT2D eigenvalue weighted by Gasteiger charge is -2.08. The number of urea groups is 1. The fourth-order valence-electron chi connectivity index (χ4n) is 3.69. The van der Waals surface area contributed by atoms with Crippen LogP contribution in [0.1, 0.15) is 142 Å². The van der Waals surface area contributed by atoms with Gasteiger partial charge in [-0.3, -0.25) is 0 Å². The van der Waals surface area contributed by atoms with Gasteiger partial charge in [0.1, 0.15) is 0 Å². The van der Waals surface area contributed by atoms with Crippen molar-refractivity contribution in [3.8, 4) is 0 Å². The van der Waals surface area contributed by atoms with Crippen molar-refractivity contribution in [3.63, 3.8) is 0 Å². The Bertz CT molecular complexity index is 279. The Morgan fingerprint density at radius 2 is 0.679 bits per heavy atom. The molecule has 0 aliphatic heterocycles. The van der Waals surface area contributed by atoms with Crippen LogP contribution in [-0.4, -0.2) is 19.1 Å². The highest BCUT2D eigenvalue weighted by Crippen LogP contribution is 2.11. The average Bonchev–Trinajstić information content (AvgIpc) is 2.70. The van der Waals surface area contributed by atoms with E-state index in [1.807, 2.05) is 0 Å². The molecule has 0 unspecified atom stereocenters. The molecule has 2 amide bonds. The molecule has 0 aromatic heterocycles. The minimum atomic E-state index is 0.0202. The first kappa shape index (κ1) is 27.3. The molecule has 0 saturated heterocycles. The molecule has 0 aliphatic rings. The quantitative estimate of drug-likeness (QED) is 0.178. The SMILES string of the molecule is CCCCCCCCCCCCNC(=O)NCCCCCCCCCCCC. The number of carbonyl (C=O) groups excluding carboxylic acids is 1. The number of amides is 2. The maximum atomic E-state index is 11.7. The summed E-state index contributed by atoms with van der Waals surface area (Å²) in [5, 5.41) is 5.99. The van der Waals surface area contributed by atoms with Crippen molar-refractivity contribution < 1.29 is 4.79 Å². The first-order valence-electron chi connectivity index (χ1n) is 12.8. The molecule has 0 aromatic carbocycles. The number of hydrogen-bond acceptors (Lipinski definition) is 1. The summed E-state index contributed by atoms with van der Waals surface area (Å²) in [7, 11) is 0. The normalized spacial score (nSPS) is 10.9. The van der Waals surface area contributed by atoms with Gasteiger partial charge in [-0.15, -0.1) is 0 Å². The van der Waals surface area contributed by atoms with E-state index in [4.69, 9.17) is 0 Å². The summed E-state index contributed by atoms with van der Waals surface area (Å²) in [6.07, 6.45) is 26.7. The first-order chi connectivity index (χ1) is 13.8. The molecule has 0 saturated carbocycles. The number of carbonyl (C=O) groups is 1. The maximum Gasteiger partial charge on any atom is 0.314 e. The van der Waals surface area contributed by atoms with Crippen molar-refractivity contribution >= 4 is 6.03 Å². The highest BCUT2D eigenvalue weighted by molar-refractivity contribution is 5.73. The third-order valence-corrected chi connectivity index (χ3v) is 5.63. The van der Waals surface area contributed by atoms with Crippen LogP contribution >= 0.6 is 0 Å². The van der Waals surface area contributed by atoms with Gasteiger partial charge in [0.2, 0.25) is 0 Å². The molecule has 0 heterocycles. The third kappa shape index (κ3) is 23.3. The highest BCUT2D eigenvalue weighted by atomic mass is 16.2. The van der Waals surface area contributed by atoms with Crippen LogP contribution in [0.25, 0.3) is 0 Å². The average molecular weight is 397 g/mol. The molecule has 0 fully saturated rings. The topological polar surface area (TPSA) is 41.1 Å². The minimum absolute atomic E-state index is 0.0202. The van der Waals surface area contributed by atoms with Crippen LogP contribution in [-0.2, 0) is 0 Å². The Hall–Kier alpha value is -0.730. The summed E-state index contributed by atoms with van der Waals surface area (Å²) in [5.41, 5.74) is 0. The standard InChI is InChI=1S/C25H52N2O/c1-3-5-7-9-11-13-15-17-19-21-23-26-25(28)27-24-22-20-18-16-14-12-10-8-6-4-2/h3-24H2,1-2H3,(H2,26,27,28). The summed E-state index contributed by atoms with van der Waals surface area (Å²) in [6, 6.07) is 0.0202. The van der Waals surface area contributed by atoms with Gasteiger partial charge in [-0.05, 0) is 12.8 Å². The van der Waals surface area contributed by atoms with Gasteiger partial charge >= 0.3 is 6.03 Å². The molecule has 0 aliphatic carbocycles. The minimum Gasteiger partial charge on any atom is -0.338 e. The lowest BCUT2D eigenvalue weighted by atomic mass is 10.1. The Kier molecular flexibility index (Phi) is 23.7. The van der Waals surface area contributed by atoms with Crippen LogP contribution in [0.2, 0.25) is 0 Å². The van der Waals surface area contributed by atoms with Gasteiger partial charge in [0.15, 0.2) is 0 Å². The summed E-state index contributed by atoms with van der Waals surface area (Å²) in [5.74, 6) is 0. The van der Waals surface area contributed by atoms with Crippen LogP contribution in [0.4, 0.5) is 4.79 Å². The molecule has 168 valence electrons. The molecule has 3 nitrogen and oxygen atoms in total. The van der Waals surface area contributed by atoms with Gasteiger partial charge < -0.3 is 10.6 Å². The number of hydrogen-bond donors (Lipinski definition) is 2. The van der Waals surface area contributed by atoms with Crippen LogP contribution in [0, 0.1) is 0 Å². The van der Waals surface area contributed by atoms with Crippen molar-refractivity contribution in [2.24, 2.45) is 0 Å². The lowest BCUT2D eigenvalue weighted by Crippen LogP contribution is -2.36. The van der Waals surface area contributed by atoms with E-state index < -0.39 is 0 Å². The van der Waals surface area contributed by atoms with Crippen molar-refractivity contribution in [2.45, 2.75) is 142 Å². The molecule has 0 rings (SSSR count). The third-order valence-electron chi connectivity index (χ3n) is 5.63. The molecule has 28 heavy (non-hydrogen) atoms. The monoisotopic (exact) mass is 396 g/mol. The van der Waals surface area contributed by atoms with E-state index in [2.05, 4.69) is 24.5 Å². The largest absolute Gasteiger partial charge is 0.338 e. The summed E-state index contributed by atoms with van der Waals surface area (Å²) < 4.78 is 0. The summed E-state index contributed by atoms with van der Waals surface area (Å²) in [6.45, 7) is 6.18. The number of rotatable bonds is 22. The number of nitrogens with one attached hydrogen (secondary N) is 2. The van der Waals surface area contributed by atoms with Gasteiger partial charge in [0.25, 0.3) is 0 Å². The van der Waals surface area contributed by atoms with E-state index in [-0.39, 0.29) is 6.03 Å². The van der Waals surface area contributed by atoms with Crippen molar-refractivity contribution in [3.05, 3.63) is 0 Å². The van der Waals surface area contributed by atoms with Crippen LogP contribution < -0.4 is 10.6 Å². The molecule has 0 bridgehead atoms. The molecule has 0 spiro atoms. The predicted octanol–water partition coefficient (Wildman–Crippen LogP) is 8.13. The summed E-state index contributed by atoms with van der Waals surface area (Å²) in [4.78, 5) is 11.7. The second kappa shape index (κ2) is 24.3. The van der Waals surface area contributed by atoms with Crippen molar-refractivity contribution in [1.82, 2.24) is 10.6 Å². The molecular weight excluding hydrogens is 344 g/mol. The zero-order valence-corrected chi connectivity index (χ0v) is 19.5. The molecular formula is C25H52N2O. The highest BCUT2D eigenvalue weighted by Gasteiger charge is 1.99. The van der Waals surface area contributed by atoms with E-state index in [0.29, 0.717) is 0 Å². The van der Waals surface area contributed by atoms with Crippen LogP contribution in [0.15, 0.2) is 0 Å². The van der Waals surface area contributed by atoms with E-state index in [0.717, 1.165) is 25.9 Å². The Morgan fingerprint density at radius 1 is 0.429 bits per heavy atom. The van der Waals surface area contributed by atoms with E-state index in [9.17, 15) is 4.79 Å². The first-order valence-corrected chi connectivity index (χ1v) is 12.8. The molecule has 2 N–H and O–H groups in total. The van der Waals surface area contributed by atoms with Crippen LogP contribution in [0.5, 0.6) is 0 Å². The second-order valence-electron chi connectivity index (χ2n) is 8.55. The number of unbranched alkanes of at least 4 members (excludes halogenated alkanes) is 18. The van der Waals surface area contributed by atoms with Crippen LogP contribution in [0.3, 0.4) is 0 Å². The van der Waals surface area contributed by atoms with Gasteiger partial charge in [0.05, 0.1) is 0 Å². The van der Waals surface area contributed by atoms with Crippen molar-refractivity contribution in [2.75, 3.05) is 13.1 Å². The zero-order valence-electron chi connectivity index (χ0n) is 19.5. The van der Waals surface area contributed by atoms with Gasteiger partial charge in [-0.25, -0.2) is 4.79 Å². The molecule has 0 aromatic rings. The van der Waals surface area contributed by atoms with E-state index in [1.54, 1.807) is 0 Å². The zero-order chi connectivity index (χ0) is 20.5. The Labute approximate surface area is 177 Å².